The van der Waals surface area contributed by atoms with Crippen molar-refractivity contribution in [2.24, 2.45) is 0 Å². The molecule has 0 fully saturated rings. The van der Waals surface area contributed by atoms with Gasteiger partial charge in [0.2, 0.25) is 0 Å². The van der Waals surface area contributed by atoms with E-state index < -0.39 is 15.8 Å². The zero-order chi connectivity index (χ0) is 14.5. The van der Waals surface area contributed by atoms with E-state index in [2.05, 4.69) is 4.74 Å². The number of nitrogens with two attached hydrogens (primary N) is 1. The number of ether oxygens (including phenoxy) is 2. The van der Waals surface area contributed by atoms with Crippen LogP contribution in [0.3, 0.4) is 0 Å². The number of sulfone groups is 1. The molecule has 0 bridgehead atoms. The van der Waals surface area contributed by atoms with Crippen LogP contribution in [0.15, 0.2) is 18.2 Å². The summed E-state index contributed by atoms with van der Waals surface area (Å²) in [4.78, 5) is 11.3. The van der Waals surface area contributed by atoms with Crippen LogP contribution in [0.4, 0.5) is 5.69 Å². The van der Waals surface area contributed by atoms with Crippen LogP contribution in [0.1, 0.15) is 17.3 Å². The van der Waals surface area contributed by atoms with Gasteiger partial charge < -0.3 is 15.2 Å². The summed E-state index contributed by atoms with van der Waals surface area (Å²) in [6, 6.07) is 4.45. The Morgan fingerprint density at radius 3 is 2.58 bits per heavy atom. The topological polar surface area (TPSA) is 95.7 Å². The molecule has 0 aliphatic heterocycles. The van der Waals surface area contributed by atoms with Crippen LogP contribution in [0.5, 0.6) is 5.75 Å². The van der Waals surface area contributed by atoms with Crippen LogP contribution >= 0.6 is 0 Å². The molecule has 1 aromatic carbocycles. The number of nitrogen functional groups attached to an aromatic ring is 1. The van der Waals surface area contributed by atoms with E-state index in [1.165, 1.54) is 25.3 Å². The molecule has 0 unspecified atom stereocenters. The largest absolute Gasteiger partial charge is 0.490 e. The van der Waals surface area contributed by atoms with Crippen LogP contribution in [-0.4, -0.2) is 39.6 Å². The van der Waals surface area contributed by atoms with Gasteiger partial charge in [-0.1, -0.05) is 6.92 Å². The first-order valence-electron chi connectivity index (χ1n) is 5.70. The van der Waals surface area contributed by atoms with E-state index in [1.54, 1.807) is 6.92 Å². The van der Waals surface area contributed by atoms with Gasteiger partial charge in [0.1, 0.15) is 12.4 Å². The van der Waals surface area contributed by atoms with E-state index in [-0.39, 0.29) is 23.8 Å². The maximum atomic E-state index is 11.3. The summed E-state index contributed by atoms with van der Waals surface area (Å²) in [5, 5.41) is 0. The van der Waals surface area contributed by atoms with Crippen LogP contribution < -0.4 is 10.5 Å². The molecule has 6 nitrogen and oxygen atoms in total. The second-order valence-electron chi connectivity index (χ2n) is 3.83. The van der Waals surface area contributed by atoms with Crippen molar-refractivity contribution in [2.45, 2.75) is 6.92 Å². The zero-order valence-corrected chi connectivity index (χ0v) is 11.7. The second kappa shape index (κ2) is 6.42. The second-order valence-corrected chi connectivity index (χ2v) is 6.30. The Hall–Kier alpha value is -1.76. The predicted octanol–water partition coefficient (Wildman–Crippen LogP) is 0.869. The van der Waals surface area contributed by atoms with E-state index in [0.717, 1.165) is 0 Å². The lowest BCUT2D eigenvalue weighted by Crippen LogP contribution is -2.16. The van der Waals surface area contributed by atoms with E-state index in [1.807, 2.05) is 0 Å². The Labute approximate surface area is 112 Å². The molecule has 0 aliphatic rings. The van der Waals surface area contributed by atoms with Crippen molar-refractivity contribution < 1.29 is 22.7 Å². The lowest BCUT2D eigenvalue weighted by atomic mass is 10.2. The summed E-state index contributed by atoms with van der Waals surface area (Å²) in [6.45, 7) is 1.60. The molecule has 7 heteroatoms. The molecule has 2 N–H and O–H groups in total. The van der Waals surface area contributed by atoms with Gasteiger partial charge in [0.05, 0.1) is 24.1 Å². The highest BCUT2D eigenvalue weighted by molar-refractivity contribution is 7.91. The Kier molecular flexibility index (Phi) is 5.17. The SMILES string of the molecule is CCS(=O)(=O)CCOc1ccc(C(=O)OC)cc1N. The molecule has 1 rings (SSSR count). The first kappa shape index (κ1) is 15.3. The minimum Gasteiger partial charge on any atom is -0.490 e. The summed E-state index contributed by atoms with van der Waals surface area (Å²) in [6.07, 6.45) is 0. The van der Waals surface area contributed by atoms with Gasteiger partial charge in [0.15, 0.2) is 9.84 Å². The average molecular weight is 287 g/mol. The molecule has 0 heterocycles. The minimum absolute atomic E-state index is 0.0257. The highest BCUT2D eigenvalue weighted by Gasteiger charge is 2.11. The molecule has 0 radical (unpaired) electrons. The molecule has 0 atom stereocenters. The lowest BCUT2D eigenvalue weighted by Gasteiger charge is -2.09. The van der Waals surface area contributed by atoms with E-state index in [0.29, 0.717) is 11.3 Å². The van der Waals surface area contributed by atoms with Gasteiger partial charge >= 0.3 is 5.97 Å². The van der Waals surface area contributed by atoms with Gasteiger partial charge in [0.25, 0.3) is 0 Å². The number of hydrogen-bond acceptors (Lipinski definition) is 6. The molecule has 19 heavy (non-hydrogen) atoms. The van der Waals surface area contributed by atoms with Gasteiger partial charge in [-0.25, -0.2) is 13.2 Å². The predicted molar refractivity (Wildman–Crippen MR) is 72.0 cm³/mol. The fraction of sp³-hybridized carbons (Fsp3) is 0.417. The Balaban J connectivity index is 2.68. The molecule has 106 valence electrons. The number of hydrogen-bond donors (Lipinski definition) is 1. The fourth-order valence-corrected chi connectivity index (χ4v) is 1.97. The number of methoxy groups -OCH3 is 1. The number of carbonyl (C=O) groups is 1. The Bertz CT molecular complexity index is 553. The maximum Gasteiger partial charge on any atom is 0.337 e. The third kappa shape index (κ3) is 4.44. The smallest absolute Gasteiger partial charge is 0.337 e. The molecule has 0 saturated carbocycles. The van der Waals surface area contributed by atoms with Crippen molar-refractivity contribution in [1.29, 1.82) is 0 Å². The summed E-state index contributed by atoms with van der Waals surface area (Å²) in [7, 11) is -1.79. The molecule has 0 saturated heterocycles. The van der Waals surface area contributed by atoms with Crippen molar-refractivity contribution >= 4 is 21.5 Å². The lowest BCUT2D eigenvalue weighted by molar-refractivity contribution is 0.0600. The van der Waals surface area contributed by atoms with Crippen molar-refractivity contribution in [3.63, 3.8) is 0 Å². The number of esters is 1. The van der Waals surface area contributed by atoms with Crippen molar-refractivity contribution in [2.75, 3.05) is 31.0 Å². The van der Waals surface area contributed by atoms with Crippen LogP contribution in [0, 0.1) is 0 Å². The summed E-state index contributed by atoms with van der Waals surface area (Å²) >= 11 is 0. The molecule has 0 aliphatic carbocycles. The third-order valence-corrected chi connectivity index (χ3v) is 4.19. The van der Waals surface area contributed by atoms with E-state index >= 15 is 0 Å². The standard InChI is InChI=1S/C12H17NO5S/c1-3-19(15,16)7-6-18-11-5-4-9(8-10(11)13)12(14)17-2/h4-5,8H,3,6-7,13H2,1-2H3. The van der Waals surface area contributed by atoms with Crippen molar-refractivity contribution in [1.82, 2.24) is 0 Å². The monoisotopic (exact) mass is 287 g/mol. The molecule has 1 aromatic rings. The number of benzene rings is 1. The molecular weight excluding hydrogens is 270 g/mol. The van der Waals surface area contributed by atoms with Crippen LogP contribution in [0.25, 0.3) is 0 Å². The number of rotatable bonds is 6. The zero-order valence-electron chi connectivity index (χ0n) is 10.9. The first-order valence-corrected chi connectivity index (χ1v) is 7.53. The molecular formula is C12H17NO5S. The number of anilines is 1. The summed E-state index contributed by atoms with van der Waals surface area (Å²) < 4.78 is 32.4. The Morgan fingerprint density at radius 1 is 1.37 bits per heavy atom. The molecule has 0 spiro atoms. The van der Waals surface area contributed by atoms with Crippen molar-refractivity contribution in [3.8, 4) is 5.75 Å². The first-order chi connectivity index (χ1) is 8.89. The Morgan fingerprint density at radius 2 is 2.05 bits per heavy atom. The highest BCUT2D eigenvalue weighted by Crippen LogP contribution is 2.22. The summed E-state index contributed by atoms with van der Waals surface area (Å²) in [5.74, 6) is -0.139. The fourth-order valence-electron chi connectivity index (χ4n) is 1.35. The van der Waals surface area contributed by atoms with Crippen LogP contribution in [0.2, 0.25) is 0 Å². The average Bonchev–Trinajstić information content (AvgIpc) is 2.39. The van der Waals surface area contributed by atoms with Gasteiger partial charge in [-0.2, -0.15) is 0 Å². The maximum absolute atomic E-state index is 11.3. The van der Waals surface area contributed by atoms with Gasteiger partial charge in [-0.3, -0.25) is 0 Å². The normalized spacial score (nSPS) is 11.1. The highest BCUT2D eigenvalue weighted by atomic mass is 32.2. The summed E-state index contributed by atoms with van der Waals surface area (Å²) in [5.41, 5.74) is 6.29. The minimum atomic E-state index is -3.07. The van der Waals surface area contributed by atoms with Crippen LogP contribution in [-0.2, 0) is 14.6 Å². The molecule has 0 amide bonds. The quantitative estimate of drug-likeness (QED) is 0.616. The van der Waals surface area contributed by atoms with Gasteiger partial charge in [-0.15, -0.1) is 0 Å². The van der Waals surface area contributed by atoms with E-state index in [9.17, 15) is 13.2 Å². The molecule has 0 aromatic heterocycles. The van der Waals surface area contributed by atoms with Crippen molar-refractivity contribution in [3.05, 3.63) is 23.8 Å². The number of carbonyl (C=O) groups excluding carboxylic acids is 1. The van der Waals surface area contributed by atoms with Gasteiger partial charge in [-0.05, 0) is 18.2 Å². The third-order valence-electron chi connectivity index (χ3n) is 2.52. The van der Waals surface area contributed by atoms with E-state index in [4.69, 9.17) is 10.5 Å². The van der Waals surface area contributed by atoms with Gasteiger partial charge in [0, 0.05) is 5.75 Å².